The Morgan fingerprint density at radius 1 is 1.08 bits per heavy atom. The number of rotatable bonds is 4. The molecule has 24 heavy (non-hydrogen) atoms. The van der Waals surface area contributed by atoms with Crippen molar-refractivity contribution < 1.29 is 4.42 Å². The molecule has 0 aliphatic rings. The number of aryl methyl sites for hydroxylation is 2. The summed E-state index contributed by atoms with van der Waals surface area (Å²) in [5.74, 6) is 1.39. The van der Waals surface area contributed by atoms with Crippen LogP contribution in [0.25, 0.3) is 22.5 Å². The van der Waals surface area contributed by atoms with Gasteiger partial charge in [0.25, 0.3) is 0 Å². The molecule has 1 N–H and O–H groups in total. The van der Waals surface area contributed by atoms with Gasteiger partial charge in [0.2, 0.25) is 5.89 Å². The Balaban J connectivity index is 1.50. The third kappa shape index (κ3) is 2.95. The summed E-state index contributed by atoms with van der Waals surface area (Å²) in [6.07, 6.45) is 1.73. The summed E-state index contributed by atoms with van der Waals surface area (Å²) < 4.78 is 5.66. The number of para-hydroxylation sites is 2. The number of aromatic nitrogens is 3. The van der Waals surface area contributed by atoms with E-state index >= 15 is 0 Å². The van der Waals surface area contributed by atoms with Crippen LogP contribution in [0.4, 0.5) is 0 Å². The van der Waals surface area contributed by atoms with Crippen molar-refractivity contribution in [3.63, 3.8) is 0 Å². The fourth-order valence-electron chi connectivity index (χ4n) is 2.69. The fraction of sp³-hybridized carbons (Fsp3) is 0.158. The number of hydrogen-bond acceptors (Lipinski definition) is 4. The maximum Gasteiger partial charge on any atom is 0.226 e. The van der Waals surface area contributed by atoms with Crippen molar-refractivity contribution in [1.29, 1.82) is 0 Å². The number of benzene rings is 2. The van der Waals surface area contributed by atoms with Crippen molar-refractivity contribution >= 4 is 22.8 Å². The van der Waals surface area contributed by atoms with Crippen molar-refractivity contribution in [2.45, 2.75) is 24.8 Å². The molecule has 4 nitrogen and oxygen atoms in total. The van der Waals surface area contributed by atoms with E-state index in [2.05, 4.69) is 47.0 Å². The molecule has 2 aromatic heterocycles. The Kier molecular flexibility index (Phi) is 3.86. The van der Waals surface area contributed by atoms with E-state index in [4.69, 9.17) is 4.42 Å². The van der Waals surface area contributed by atoms with E-state index in [9.17, 15) is 0 Å². The van der Waals surface area contributed by atoms with Crippen LogP contribution in [-0.4, -0.2) is 15.0 Å². The molecule has 2 heterocycles. The number of thioether (sulfide) groups is 1. The van der Waals surface area contributed by atoms with E-state index in [1.165, 1.54) is 11.1 Å². The first-order chi connectivity index (χ1) is 11.7. The van der Waals surface area contributed by atoms with Crippen LogP contribution in [0.1, 0.15) is 16.8 Å². The van der Waals surface area contributed by atoms with Gasteiger partial charge in [-0.05, 0) is 37.6 Å². The second-order valence-electron chi connectivity index (χ2n) is 5.81. The Morgan fingerprint density at radius 2 is 1.96 bits per heavy atom. The van der Waals surface area contributed by atoms with Gasteiger partial charge >= 0.3 is 0 Å². The average Bonchev–Trinajstić information content (AvgIpc) is 3.19. The highest BCUT2D eigenvalue weighted by molar-refractivity contribution is 7.98. The number of aromatic amines is 1. The van der Waals surface area contributed by atoms with Crippen LogP contribution in [0.2, 0.25) is 0 Å². The van der Waals surface area contributed by atoms with E-state index < -0.39 is 0 Å². The monoisotopic (exact) mass is 335 g/mol. The van der Waals surface area contributed by atoms with Crippen LogP contribution < -0.4 is 0 Å². The Morgan fingerprint density at radius 3 is 2.79 bits per heavy atom. The molecule has 4 rings (SSSR count). The van der Waals surface area contributed by atoms with Crippen molar-refractivity contribution in [1.82, 2.24) is 15.0 Å². The third-order valence-corrected chi connectivity index (χ3v) is 4.80. The molecule has 0 fully saturated rings. The molecule has 2 aromatic carbocycles. The molecular weight excluding hydrogens is 318 g/mol. The van der Waals surface area contributed by atoms with Crippen molar-refractivity contribution in [3.8, 4) is 11.5 Å². The lowest BCUT2D eigenvalue weighted by molar-refractivity contribution is 0.573. The SMILES string of the molecule is Cc1ccc(-c2nc(CSc3nc4ccccc4[nH]3)co2)c(C)c1. The normalized spacial score (nSPS) is 11.2. The van der Waals surface area contributed by atoms with Gasteiger partial charge < -0.3 is 9.40 Å². The van der Waals surface area contributed by atoms with Gasteiger partial charge in [0, 0.05) is 11.3 Å². The molecule has 0 saturated heterocycles. The van der Waals surface area contributed by atoms with Gasteiger partial charge in [-0.1, -0.05) is 41.6 Å². The lowest BCUT2D eigenvalue weighted by atomic mass is 10.1. The van der Waals surface area contributed by atoms with Crippen LogP contribution in [0.3, 0.4) is 0 Å². The van der Waals surface area contributed by atoms with E-state index in [-0.39, 0.29) is 0 Å². The van der Waals surface area contributed by atoms with Gasteiger partial charge in [-0.3, -0.25) is 0 Å². The van der Waals surface area contributed by atoms with Crippen molar-refractivity contribution in [2.75, 3.05) is 0 Å². The standard InChI is InChI=1S/C19H17N3OS/c1-12-7-8-15(13(2)9-12)18-20-14(10-23-18)11-24-19-21-16-5-3-4-6-17(16)22-19/h3-10H,11H2,1-2H3,(H,21,22). The highest BCUT2D eigenvalue weighted by atomic mass is 32.2. The van der Waals surface area contributed by atoms with E-state index in [0.717, 1.165) is 27.4 Å². The second kappa shape index (κ2) is 6.17. The Labute approximate surface area is 144 Å². The van der Waals surface area contributed by atoms with E-state index in [0.29, 0.717) is 11.6 Å². The summed E-state index contributed by atoms with van der Waals surface area (Å²) in [6.45, 7) is 4.16. The molecule has 5 heteroatoms. The number of nitrogens with zero attached hydrogens (tertiary/aromatic N) is 2. The van der Waals surface area contributed by atoms with Crippen LogP contribution in [0.15, 0.2) is 58.3 Å². The first-order valence-corrected chi connectivity index (χ1v) is 8.77. The smallest absolute Gasteiger partial charge is 0.226 e. The van der Waals surface area contributed by atoms with Crippen LogP contribution >= 0.6 is 11.8 Å². The zero-order chi connectivity index (χ0) is 16.5. The number of imidazole rings is 1. The van der Waals surface area contributed by atoms with Crippen molar-refractivity contribution in [2.24, 2.45) is 0 Å². The maximum atomic E-state index is 5.66. The molecule has 0 aliphatic heterocycles. The molecule has 0 radical (unpaired) electrons. The summed E-state index contributed by atoms with van der Waals surface area (Å²) in [4.78, 5) is 12.5. The first kappa shape index (κ1) is 15.0. The lowest BCUT2D eigenvalue weighted by Crippen LogP contribution is -1.86. The number of oxazole rings is 1. The molecule has 0 saturated carbocycles. The summed E-state index contributed by atoms with van der Waals surface area (Å²) in [7, 11) is 0. The van der Waals surface area contributed by atoms with Crippen LogP contribution in [0.5, 0.6) is 0 Å². The summed E-state index contributed by atoms with van der Waals surface area (Å²) in [5.41, 5.74) is 6.40. The highest BCUT2D eigenvalue weighted by Crippen LogP contribution is 2.27. The quantitative estimate of drug-likeness (QED) is 0.525. The predicted octanol–water partition coefficient (Wildman–Crippen LogP) is 5.13. The zero-order valence-corrected chi connectivity index (χ0v) is 14.4. The largest absolute Gasteiger partial charge is 0.444 e. The zero-order valence-electron chi connectivity index (χ0n) is 13.5. The Bertz CT molecular complexity index is 970. The molecule has 0 aliphatic carbocycles. The van der Waals surface area contributed by atoms with Gasteiger partial charge in [0.05, 0.1) is 16.7 Å². The minimum Gasteiger partial charge on any atom is -0.444 e. The highest BCUT2D eigenvalue weighted by Gasteiger charge is 2.11. The molecule has 0 bridgehead atoms. The number of H-pyrrole nitrogens is 1. The molecular formula is C19H17N3OS. The first-order valence-electron chi connectivity index (χ1n) is 7.78. The molecule has 0 spiro atoms. The van der Waals surface area contributed by atoms with Gasteiger partial charge in [0.1, 0.15) is 6.26 Å². The summed E-state index contributed by atoms with van der Waals surface area (Å²) in [6, 6.07) is 14.3. The number of hydrogen-bond donors (Lipinski definition) is 1. The minimum absolute atomic E-state index is 0.674. The molecule has 0 amide bonds. The molecule has 0 unspecified atom stereocenters. The predicted molar refractivity (Wildman–Crippen MR) is 97.1 cm³/mol. The molecule has 0 atom stereocenters. The fourth-order valence-corrected chi connectivity index (χ4v) is 3.45. The number of fused-ring (bicyclic) bond motifs is 1. The van der Waals surface area contributed by atoms with Crippen LogP contribution in [0, 0.1) is 13.8 Å². The molecule has 4 aromatic rings. The second-order valence-corrected chi connectivity index (χ2v) is 6.77. The van der Waals surface area contributed by atoms with E-state index in [1.807, 2.05) is 24.3 Å². The van der Waals surface area contributed by atoms with Gasteiger partial charge in [-0.25, -0.2) is 9.97 Å². The Hall–Kier alpha value is -2.53. The van der Waals surface area contributed by atoms with E-state index in [1.54, 1.807) is 18.0 Å². The lowest BCUT2D eigenvalue weighted by Gasteiger charge is -2.02. The average molecular weight is 335 g/mol. The summed E-state index contributed by atoms with van der Waals surface area (Å²) in [5, 5.41) is 0.896. The molecule has 120 valence electrons. The van der Waals surface area contributed by atoms with Gasteiger partial charge in [0.15, 0.2) is 5.16 Å². The van der Waals surface area contributed by atoms with Gasteiger partial charge in [-0.15, -0.1) is 0 Å². The third-order valence-electron chi connectivity index (χ3n) is 3.89. The number of nitrogens with one attached hydrogen (secondary N) is 1. The maximum absolute atomic E-state index is 5.66. The summed E-state index contributed by atoms with van der Waals surface area (Å²) >= 11 is 1.63. The topological polar surface area (TPSA) is 54.7 Å². The van der Waals surface area contributed by atoms with Crippen LogP contribution in [-0.2, 0) is 5.75 Å². The van der Waals surface area contributed by atoms with Crippen molar-refractivity contribution in [3.05, 3.63) is 65.5 Å². The van der Waals surface area contributed by atoms with Gasteiger partial charge in [-0.2, -0.15) is 0 Å². The minimum atomic E-state index is 0.674.